The summed E-state index contributed by atoms with van der Waals surface area (Å²) < 4.78 is 27.3. The van der Waals surface area contributed by atoms with Gasteiger partial charge in [0.1, 0.15) is 4.90 Å². The molecule has 4 nitrogen and oxygen atoms in total. The molecule has 0 unspecified atom stereocenters. The van der Waals surface area contributed by atoms with Crippen LogP contribution < -0.4 is 4.74 Å². The van der Waals surface area contributed by atoms with Gasteiger partial charge in [0.2, 0.25) is 5.88 Å². The van der Waals surface area contributed by atoms with E-state index < -0.39 is 9.05 Å². The molecule has 0 saturated carbocycles. The summed E-state index contributed by atoms with van der Waals surface area (Å²) in [5, 5.41) is 0. The van der Waals surface area contributed by atoms with Crippen LogP contribution in [0, 0.1) is 5.41 Å². The van der Waals surface area contributed by atoms with Crippen LogP contribution in [0.4, 0.5) is 0 Å². The second kappa shape index (κ2) is 5.23. The van der Waals surface area contributed by atoms with Crippen molar-refractivity contribution in [3.8, 4) is 5.88 Å². The Morgan fingerprint density at radius 1 is 1.35 bits per heavy atom. The summed E-state index contributed by atoms with van der Waals surface area (Å²) in [5.74, 6) is 0.401. The highest BCUT2D eigenvalue weighted by molar-refractivity contribution is 8.13. The molecule has 6 heteroatoms. The summed E-state index contributed by atoms with van der Waals surface area (Å²) in [5.41, 5.74) is 0.194. The van der Waals surface area contributed by atoms with Crippen LogP contribution in [0.15, 0.2) is 23.2 Å². The minimum absolute atomic E-state index is 0.0256. The van der Waals surface area contributed by atoms with E-state index in [4.69, 9.17) is 15.4 Å². The fraction of sp³-hybridized carbons (Fsp3) is 0.545. The molecule has 1 aromatic rings. The average Bonchev–Trinajstić information content (AvgIpc) is 2.15. The van der Waals surface area contributed by atoms with Gasteiger partial charge in [-0.3, -0.25) is 0 Å². The molecule has 1 heterocycles. The third kappa shape index (κ3) is 5.37. The summed E-state index contributed by atoms with van der Waals surface area (Å²) in [6, 6.07) is 2.87. The van der Waals surface area contributed by atoms with E-state index in [1.807, 2.05) is 0 Å². The first kappa shape index (κ1) is 14.3. The summed E-state index contributed by atoms with van der Waals surface area (Å²) in [6.45, 7) is 6.90. The maximum atomic E-state index is 11.0. The molecule has 0 aliphatic rings. The van der Waals surface area contributed by atoms with Crippen LogP contribution in [0.1, 0.15) is 27.2 Å². The SMILES string of the molecule is CC(C)(C)CCOc1ccc(S(=O)(=O)Cl)cn1. The number of hydrogen-bond acceptors (Lipinski definition) is 4. The second-order valence-corrected chi connectivity index (χ2v) is 7.50. The van der Waals surface area contributed by atoms with Gasteiger partial charge in [-0.2, -0.15) is 0 Å². The standard InChI is InChI=1S/C11H16ClNO3S/c1-11(2,3)6-7-16-10-5-4-9(8-13-10)17(12,14)15/h4-5,8H,6-7H2,1-3H3. The molecule has 0 saturated heterocycles. The summed E-state index contributed by atoms with van der Waals surface area (Å²) in [6.07, 6.45) is 2.08. The normalized spacial score (nSPS) is 12.5. The molecule has 0 aromatic carbocycles. The fourth-order valence-corrected chi connectivity index (χ4v) is 1.74. The lowest BCUT2D eigenvalue weighted by molar-refractivity contribution is 0.236. The van der Waals surface area contributed by atoms with Gasteiger partial charge in [0.25, 0.3) is 9.05 Å². The molecule has 0 atom stereocenters. The molecule has 0 spiro atoms. The Bertz CT molecular complexity index is 462. The van der Waals surface area contributed by atoms with Gasteiger partial charge in [-0.1, -0.05) is 20.8 Å². The van der Waals surface area contributed by atoms with E-state index in [2.05, 4.69) is 25.8 Å². The van der Waals surface area contributed by atoms with Gasteiger partial charge in [-0.05, 0) is 17.9 Å². The van der Waals surface area contributed by atoms with Crippen molar-refractivity contribution in [3.05, 3.63) is 18.3 Å². The number of ether oxygens (including phenoxy) is 1. The van der Waals surface area contributed by atoms with E-state index >= 15 is 0 Å². The van der Waals surface area contributed by atoms with Gasteiger partial charge < -0.3 is 4.74 Å². The molecule has 17 heavy (non-hydrogen) atoms. The molecule has 1 rings (SSSR count). The zero-order valence-corrected chi connectivity index (χ0v) is 11.7. The van der Waals surface area contributed by atoms with Crippen molar-refractivity contribution in [2.24, 2.45) is 5.41 Å². The molecule has 0 amide bonds. The smallest absolute Gasteiger partial charge is 0.262 e. The number of rotatable bonds is 4. The Morgan fingerprint density at radius 2 is 2.00 bits per heavy atom. The van der Waals surface area contributed by atoms with Crippen LogP contribution in [0.5, 0.6) is 5.88 Å². The largest absolute Gasteiger partial charge is 0.478 e. The number of halogens is 1. The first-order valence-electron chi connectivity index (χ1n) is 5.22. The number of nitrogens with zero attached hydrogens (tertiary/aromatic N) is 1. The van der Waals surface area contributed by atoms with Crippen molar-refractivity contribution in [1.29, 1.82) is 0 Å². The van der Waals surface area contributed by atoms with Crippen molar-refractivity contribution in [1.82, 2.24) is 4.98 Å². The van der Waals surface area contributed by atoms with E-state index in [9.17, 15) is 8.42 Å². The Kier molecular flexibility index (Phi) is 4.38. The first-order valence-corrected chi connectivity index (χ1v) is 7.53. The Hall–Kier alpha value is -0.810. The van der Waals surface area contributed by atoms with E-state index in [1.54, 1.807) is 0 Å². The number of aromatic nitrogens is 1. The van der Waals surface area contributed by atoms with E-state index in [0.29, 0.717) is 12.5 Å². The van der Waals surface area contributed by atoms with Crippen molar-refractivity contribution in [3.63, 3.8) is 0 Å². The molecule has 1 aromatic heterocycles. The second-order valence-electron chi connectivity index (χ2n) is 4.93. The van der Waals surface area contributed by atoms with E-state index in [1.165, 1.54) is 18.3 Å². The van der Waals surface area contributed by atoms with Gasteiger partial charge in [0.15, 0.2) is 0 Å². The minimum atomic E-state index is -3.71. The third-order valence-corrected chi connectivity index (χ3v) is 3.43. The lowest BCUT2D eigenvalue weighted by Gasteiger charge is -2.17. The summed E-state index contributed by atoms with van der Waals surface area (Å²) >= 11 is 0. The van der Waals surface area contributed by atoms with Gasteiger partial charge in [0.05, 0.1) is 12.8 Å². The van der Waals surface area contributed by atoms with Crippen LogP contribution in [0.2, 0.25) is 0 Å². The quantitative estimate of drug-likeness (QED) is 0.794. The van der Waals surface area contributed by atoms with Gasteiger partial charge in [-0.15, -0.1) is 0 Å². The number of hydrogen-bond donors (Lipinski definition) is 0. The molecule has 0 N–H and O–H groups in total. The zero-order chi connectivity index (χ0) is 13.1. The van der Waals surface area contributed by atoms with E-state index in [-0.39, 0.29) is 10.3 Å². The molecule has 96 valence electrons. The molecule has 0 radical (unpaired) electrons. The van der Waals surface area contributed by atoms with Crippen LogP contribution in [0.3, 0.4) is 0 Å². The van der Waals surface area contributed by atoms with Crippen LogP contribution in [-0.4, -0.2) is 20.0 Å². The minimum Gasteiger partial charge on any atom is -0.478 e. The third-order valence-electron chi connectivity index (χ3n) is 2.09. The predicted octanol–water partition coefficient (Wildman–Crippen LogP) is 2.82. The molecular weight excluding hydrogens is 262 g/mol. The maximum Gasteiger partial charge on any atom is 0.262 e. The van der Waals surface area contributed by atoms with Crippen molar-refractivity contribution >= 4 is 19.7 Å². The predicted molar refractivity (Wildman–Crippen MR) is 66.8 cm³/mol. The topological polar surface area (TPSA) is 56.3 Å². The number of pyridine rings is 1. The van der Waals surface area contributed by atoms with Crippen molar-refractivity contribution in [2.75, 3.05) is 6.61 Å². The lowest BCUT2D eigenvalue weighted by atomic mass is 9.93. The lowest BCUT2D eigenvalue weighted by Crippen LogP contribution is -2.11. The fourth-order valence-electron chi connectivity index (χ4n) is 1.06. The molecule has 0 aliphatic heterocycles. The van der Waals surface area contributed by atoms with Gasteiger partial charge in [0, 0.05) is 16.7 Å². The highest BCUT2D eigenvalue weighted by atomic mass is 35.7. The van der Waals surface area contributed by atoms with Crippen LogP contribution in [0.25, 0.3) is 0 Å². The first-order chi connectivity index (χ1) is 7.68. The summed E-state index contributed by atoms with van der Waals surface area (Å²) in [7, 11) is 1.46. The molecule has 0 fully saturated rings. The molecule has 0 bridgehead atoms. The monoisotopic (exact) mass is 277 g/mol. The van der Waals surface area contributed by atoms with E-state index in [0.717, 1.165) is 6.42 Å². The molecular formula is C11H16ClNO3S. The highest BCUT2D eigenvalue weighted by Crippen LogP contribution is 2.20. The van der Waals surface area contributed by atoms with Crippen molar-refractivity contribution in [2.45, 2.75) is 32.1 Å². The van der Waals surface area contributed by atoms with Crippen LogP contribution in [-0.2, 0) is 9.05 Å². The maximum absolute atomic E-state index is 11.0. The molecule has 0 aliphatic carbocycles. The zero-order valence-electron chi connectivity index (χ0n) is 10.1. The van der Waals surface area contributed by atoms with Gasteiger partial charge in [-0.25, -0.2) is 13.4 Å². The van der Waals surface area contributed by atoms with Crippen molar-refractivity contribution < 1.29 is 13.2 Å². The van der Waals surface area contributed by atoms with Crippen LogP contribution >= 0.6 is 10.7 Å². The Balaban J connectivity index is 2.58. The summed E-state index contributed by atoms with van der Waals surface area (Å²) in [4.78, 5) is 3.85. The highest BCUT2D eigenvalue weighted by Gasteiger charge is 2.12. The van der Waals surface area contributed by atoms with Gasteiger partial charge >= 0.3 is 0 Å². The average molecular weight is 278 g/mol. The Labute approximate surface area is 106 Å². The Morgan fingerprint density at radius 3 is 2.41 bits per heavy atom.